The van der Waals surface area contributed by atoms with E-state index in [1.54, 1.807) is 0 Å². The summed E-state index contributed by atoms with van der Waals surface area (Å²) in [6.45, 7) is 0. The molecule has 2 heterocycles. The monoisotopic (exact) mass is 692 g/mol. The first-order valence-corrected chi connectivity index (χ1v) is 18.7. The van der Waals surface area contributed by atoms with Crippen molar-refractivity contribution in [1.82, 2.24) is 9.97 Å². The normalized spacial score (nSPS) is 11.4. The van der Waals surface area contributed by atoms with E-state index in [9.17, 15) is 0 Å². The van der Waals surface area contributed by atoms with Crippen molar-refractivity contribution in [3.8, 4) is 67.3 Å². The number of thiophene rings is 1. The van der Waals surface area contributed by atoms with Crippen molar-refractivity contribution >= 4 is 42.3 Å². The van der Waals surface area contributed by atoms with E-state index in [-0.39, 0.29) is 0 Å². The zero-order chi connectivity index (χ0) is 35.1. The Kier molecular flexibility index (Phi) is 7.71. The van der Waals surface area contributed by atoms with Crippen LogP contribution in [0.1, 0.15) is 0 Å². The van der Waals surface area contributed by atoms with Crippen molar-refractivity contribution in [3.05, 3.63) is 194 Å². The maximum absolute atomic E-state index is 5.22. The standard InChI is InChI=1S/C50H32N2S/c1-4-14-33(15-5-1)34-24-26-35(27-25-34)38-30-31-47-49(43-22-12-13-23-46(43)53-47)48(38)42-29-28-41(39-20-10-11-21-40(39)42)45-32-44(36-16-6-2-7-17-36)51-50(52-45)37-18-8-3-9-19-37/h1-32H. The van der Waals surface area contributed by atoms with Crippen LogP contribution in [0.25, 0.3) is 98.2 Å². The predicted octanol–water partition coefficient (Wildman–Crippen LogP) is 14.0. The van der Waals surface area contributed by atoms with E-state index in [0.717, 1.165) is 33.5 Å². The van der Waals surface area contributed by atoms with Crippen molar-refractivity contribution in [2.24, 2.45) is 0 Å². The van der Waals surface area contributed by atoms with Gasteiger partial charge in [-0.1, -0.05) is 176 Å². The summed E-state index contributed by atoms with van der Waals surface area (Å²) in [6, 6.07) is 69.2. The molecule has 0 unspecified atom stereocenters. The molecule has 8 aromatic carbocycles. The van der Waals surface area contributed by atoms with Gasteiger partial charge in [0.05, 0.1) is 11.4 Å². The first-order valence-electron chi connectivity index (χ1n) is 17.9. The molecule has 0 bridgehead atoms. The molecule has 10 rings (SSSR count). The van der Waals surface area contributed by atoms with Gasteiger partial charge in [0, 0.05) is 36.9 Å². The maximum atomic E-state index is 5.22. The van der Waals surface area contributed by atoms with Crippen molar-refractivity contribution in [3.63, 3.8) is 0 Å². The fraction of sp³-hybridized carbons (Fsp3) is 0. The Balaban J connectivity index is 1.21. The minimum absolute atomic E-state index is 0.714. The average Bonchev–Trinajstić information content (AvgIpc) is 3.63. The van der Waals surface area contributed by atoms with Crippen LogP contribution in [0, 0.1) is 0 Å². The zero-order valence-corrected chi connectivity index (χ0v) is 29.6. The molecule has 0 amide bonds. The molecule has 0 aliphatic carbocycles. The van der Waals surface area contributed by atoms with Gasteiger partial charge in [0.25, 0.3) is 0 Å². The Bertz CT molecular complexity index is 2860. The Morgan fingerprint density at radius 3 is 1.55 bits per heavy atom. The Labute approximate surface area is 312 Å². The number of benzene rings is 8. The lowest BCUT2D eigenvalue weighted by molar-refractivity contribution is 1.18. The minimum atomic E-state index is 0.714. The van der Waals surface area contributed by atoms with Gasteiger partial charge in [-0.3, -0.25) is 0 Å². The highest BCUT2D eigenvalue weighted by atomic mass is 32.1. The third-order valence-electron chi connectivity index (χ3n) is 10.1. The summed E-state index contributed by atoms with van der Waals surface area (Å²) in [5.41, 5.74) is 12.2. The van der Waals surface area contributed by atoms with E-state index in [0.29, 0.717) is 5.82 Å². The maximum Gasteiger partial charge on any atom is 0.160 e. The molecule has 0 spiro atoms. The smallest absolute Gasteiger partial charge is 0.160 e. The summed E-state index contributed by atoms with van der Waals surface area (Å²) in [6.07, 6.45) is 0. The van der Waals surface area contributed by atoms with Crippen LogP contribution in [-0.2, 0) is 0 Å². The molecule has 0 aliphatic heterocycles. The zero-order valence-electron chi connectivity index (χ0n) is 28.8. The van der Waals surface area contributed by atoms with Gasteiger partial charge in [-0.2, -0.15) is 0 Å². The fourth-order valence-corrected chi connectivity index (χ4v) is 8.72. The van der Waals surface area contributed by atoms with Crippen molar-refractivity contribution in [2.75, 3.05) is 0 Å². The highest BCUT2D eigenvalue weighted by Crippen LogP contribution is 2.48. The molecule has 2 aromatic heterocycles. The molecular formula is C50H32N2S. The lowest BCUT2D eigenvalue weighted by atomic mass is 9.86. The second-order valence-electron chi connectivity index (χ2n) is 13.3. The second-order valence-corrected chi connectivity index (χ2v) is 14.4. The van der Waals surface area contributed by atoms with Crippen LogP contribution in [0.15, 0.2) is 194 Å². The van der Waals surface area contributed by atoms with Crippen LogP contribution in [0.3, 0.4) is 0 Å². The Morgan fingerprint density at radius 2 is 0.830 bits per heavy atom. The first-order chi connectivity index (χ1) is 26.3. The van der Waals surface area contributed by atoms with Crippen LogP contribution < -0.4 is 0 Å². The quantitative estimate of drug-likeness (QED) is 0.173. The molecular weight excluding hydrogens is 661 g/mol. The van der Waals surface area contributed by atoms with Gasteiger partial charge in [0.15, 0.2) is 5.82 Å². The summed E-state index contributed by atoms with van der Waals surface area (Å²) in [5.74, 6) is 0.714. The van der Waals surface area contributed by atoms with Crippen molar-refractivity contribution in [1.29, 1.82) is 0 Å². The van der Waals surface area contributed by atoms with E-state index in [1.165, 1.54) is 58.9 Å². The van der Waals surface area contributed by atoms with Crippen molar-refractivity contribution in [2.45, 2.75) is 0 Å². The third kappa shape index (κ3) is 5.59. The summed E-state index contributed by atoms with van der Waals surface area (Å²) >= 11 is 1.86. The van der Waals surface area contributed by atoms with Crippen molar-refractivity contribution < 1.29 is 0 Å². The summed E-state index contributed by atoms with van der Waals surface area (Å²) < 4.78 is 2.58. The molecule has 0 fully saturated rings. The molecule has 248 valence electrons. The predicted molar refractivity (Wildman–Crippen MR) is 225 cm³/mol. The number of aromatic nitrogens is 2. The number of fused-ring (bicyclic) bond motifs is 4. The van der Waals surface area contributed by atoms with Gasteiger partial charge in [0.2, 0.25) is 0 Å². The first kappa shape index (κ1) is 31.1. The molecule has 0 saturated heterocycles. The van der Waals surface area contributed by atoms with E-state index < -0.39 is 0 Å². The Morgan fingerprint density at radius 1 is 0.321 bits per heavy atom. The van der Waals surface area contributed by atoms with E-state index in [4.69, 9.17) is 9.97 Å². The lowest BCUT2D eigenvalue weighted by Gasteiger charge is -2.18. The molecule has 2 nitrogen and oxygen atoms in total. The van der Waals surface area contributed by atoms with E-state index in [1.807, 2.05) is 35.6 Å². The van der Waals surface area contributed by atoms with Gasteiger partial charge in [0.1, 0.15) is 0 Å². The number of hydrogen-bond acceptors (Lipinski definition) is 3. The summed E-state index contributed by atoms with van der Waals surface area (Å²) in [5, 5.41) is 4.93. The van der Waals surface area contributed by atoms with Crippen LogP contribution >= 0.6 is 11.3 Å². The molecule has 0 saturated carbocycles. The molecule has 0 aliphatic rings. The van der Waals surface area contributed by atoms with E-state index in [2.05, 4.69) is 170 Å². The Hall–Kier alpha value is -6.68. The van der Waals surface area contributed by atoms with Gasteiger partial charge in [-0.05, 0) is 62.4 Å². The van der Waals surface area contributed by atoms with Crippen LogP contribution in [0.2, 0.25) is 0 Å². The van der Waals surface area contributed by atoms with Crippen LogP contribution in [0.5, 0.6) is 0 Å². The van der Waals surface area contributed by atoms with Gasteiger partial charge in [-0.15, -0.1) is 11.3 Å². The average molecular weight is 693 g/mol. The highest BCUT2D eigenvalue weighted by molar-refractivity contribution is 7.26. The van der Waals surface area contributed by atoms with E-state index >= 15 is 0 Å². The minimum Gasteiger partial charge on any atom is -0.228 e. The molecule has 0 atom stereocenters. The van der Waals surface area contributed by atoms with Gasteiger partial charge in [-0.25, -0.2) is 9.97 Å². The number of rotatable bonds is 6. The summed E-state index contributed by atoms with van der Waals surface area (Å²) in [7, 11) is 0. The third-order valence-corrected chi connectivity index (χ3v) is 11.3. The molecule has 53 heavy (non-hydrogen) atoms. The summed E-state index contributed by atoms with van der Waals surface area (Å²) in [4.78, 5) is 10.3. The SMILES string of the molecule is c1ccc(-c2ccc(-c3ccc4sc5ccccc5c4c3-c3ccc(-c4cc(-c5ccccc5)nc(-c5ccccc5)n4)c4ccccc34)cc2)cc1. The highest BCUT2D eigenvalue weighted by Gasteiger charge is 2.20. The molecule has 10 aromatic rings. The largest absolute Gasteiger partial charge is 0.228 e. The van der Waals surface area contributed by atoms with Gasteiger partial charge >= 0.3 is 0 Å². The van der Waals surface area contributed by atoms with Crippen LogP contribution in [0.4, 0.5) is 0 Å². The second kappa shape index (κ2) is 13.1. The molecule has 0 N–H and O–H groups in total. The van der Waals surface area contributed by atoms with Gasteiger partial charge < -0.3 is 0 Å². The van der Waals surface area contributed by atoms with Crippen LogP contribution in [-0.4, -0.2) is 9.97 Å². The number of nitrogens with zero attached hydrogens (tertiary/aromatic N) is 2. The lowest BCUT2D eigenvalue weighted by Crippen LogP contribution is -1.97. The number of hydrogen-bond donors (Lipinski definition) is 0. The molecule has 0 radical (unpaired) electrons. The molecule has 3 heteroatoms. The fourth-order valence-electron chi connectivity index (χ4n) is 7.61. The topological polar surface area (TPSA) is 25.8 Å².